The molecule has 2 nitrogen and oxygen atoms in total. The molecule has 0 radical (unpaired) electrons. The molecular weight excluding hydrogens is 184 g/mol. The van der Waals surface area contributed by atoms with Gasteiger partial charge < -0.3 is 9.88 Å². The summed E-state index contributed by atoms with van der Waals surface area (Å²) >= 11 is 0. The maximum atomic E-state index is 3.39. The van der Waals surface area contributed by atoms with Crippen LogP contribution in [0.15, 0.2) is 18.2 Å². The molecule has 1 N–H and O–H groups in total. The molecule has 0 saturated heterocycles. The zero-order valence-electron chi connectivity index (χ0n) is 9.89. The van der Waals surface area contributed by atoms with Crippen LogP contribution in [0.4, 0.5) is 0 Å². The third kappa shape index (κ3) is 1.90. The topological polar surface area (TPSA) is 19.0 Å². The van der Waals surface area contributed by atoms with E-state index in [-0.39, 0.29) is 0 Å². The predicted molar refractivity (Wildman–Crippen MR) is 65.2 cm³/mol. The quantitative estimate of drug-likeness (QED) is 0.793. The molecule has 1 heterocycles. The number of aryl methyl sites for hydroxylation is 2. The number of benzene rings is 1. The molecule has 0 spiro atoms. The molecule has 2 rings (SSSR count). The summed E-state index contributed by atoms with van der Waals surface area (Å²) in [7, 11) is 4.19. The van der Waals surface area contributed by atoms with Crippen molar-refractivity contribution in [3.8, 4) is 0 Å². The van der Waals surface area contributed by atoms with E-state index in [1.54, 1.807) is 0 Å². The highest BCUT2D eigenvalue weighted by Crippen LogP contribution is 2.22. The van der Waals surface area contributed by atoms with Crippen LogP contribution in [-0.4, -0.2) is 24.0 Å². The molecule has 2 heteroatoms. The summed E-state index contributed by atoms with van der Waals surface area (Å²) in [4.78, 5) is 5.58. The molecule has 2 aromatic rings. The van der Waals surface area contributed by atoms with Crippen molar-refractivity contribution in [1.82, 2.24) is 9.88 Å². The van der Waals surface area contributed by atoms with Crippen LogP contribution >= 0.6 is 0 Å². The SMILES string of the molecule is Cc1[nH]c2ccc(CN(C)C)cc2c1C. The van der Waals surface area contributed by atoms with Gasteiger partial charge in [-0.2, -0.15) is 0 Å². The molecule has 0 fully saturated rings. The third-order valence-electron chi connectivity index (χ3n) is 2.87. The van der Waals surface area contributed by atoms with Gasteiger partial charge in [-0.15, -0.1) is 0 Å². The molecule has 15 heavy (non-hydrogen) atoms. The van der Waals surface area contributed by atoms with Gasteiger partial charge in [0, 0.05) is 23.1 Å². The molecule has 0 amide bonds. The van der Waals surface area contributed by atoms with Gasteiger partial charge in [0.2, 0.25) is 0 Å². The lowest BCUT2D eigenvalue weighted by Crippen LogP contribution is -2.10. The van der Waals surface area contributed by atoms with Crippen LogP contribution in [0.2, 0.25) is 0 Å². The Morgan fingerprint density at radius 2 is 1.93 bits per heavy atom. The van der Waals surface area contributed by atoms with E-state index in [4.69, 9.17) is 0 Å². The van der Waals surface area contributed by atoms with Crippen LogP contribution in [0.1, 0.15) is 16.8 Å². The molecule has 0 bridgehead atoms. The lowest BCUT2D eigenvalue weighted by atomic mass is 10.1. The van der Waals surface area contributed by atoms with E-state index in [0.29, 0.717) is 0 Å². The van der Waals surface area contributed by atoms with E-state index in [0.717, 1.165) is 6.54 Å². The van der Waals surface area contributed by atoms with Crippen LogP contribution in [0, 0.1) is 13.8 Å². The first-order chi connectivity index (χ1) is 7.08. The third-order valence-corrected chi connectivity index (χ3v) is 2.87. The number of nitrogens with zero attached hydrogens (tertiary/aromatic N) is 1. The highest BCUT2D eigenvalue weighted by atomic mass is 15.0. The van der Waals surface area contributed by atoms with Crippen LogP contribution < -0.4 is 0 Å². The van der Waals surface area contributed by atoms with Crippen LogP contribution in [0.5, 0.6) is 0 Å². The molecule has 0 aliphatic rings. The summed E-state index contributed by atoms with van der Waals surface area (Å²) in [5.41, 5.74) is 5.25. The fourth-order valence-electron chi connectivity index (χ4n) is 1.97. The van der Waals surface area contributed by atoms with Crippen molar-refractivity contribution >= 4 is 10.9 Å². The Labute approximate surface area is 90.9 Å². The first-order valence-corrected chi connectivity index (χ1v) is 5.30. The summed E-state index contributed by atoms with van der Waals surface area (Å²) in [5, 5.41) is 1.35. The first kappa shape index (κ1) is 10.2. The normalized spacial score (nSPS) is 11.5. The second kappa shape index (κ2) is 3.70. The van der Waals surface area contributed by atoms with Crippen molar-refractivity contribution < 1.29 is 0 Å². The highest BCUT2D eigenvalue weighted by molar-refractivity contribution is 5.84. The Hall–Kier alpha value is -1.28. The Balaban J connectivity index is 2.49. The number of nitrogens with one attached hydrogen (secondary N) is 1. The monoisotopic (exact) mass is 202 g/mol. The van der Waals surface area contributed by atoms with Gasteiger partial charge >= 0.3 is 0 Å². The Kier molecular flexibility index (Phi) is 2.53. The van der Waals surface area contributed by atoms with E-state index in [1.165, 1.54) is 27.7 Å². The summed E-state index contributed by atoms with van der Waals surface area (Å²) in [6, 6.07) is 6.65. The van der Waals surface area contributed by atoms with Crippen molar-refractivity contribution in [2.75, 3.05) is 14.1 Å². The zero-order chi connectivity index (χ0) is 11.0. The van der Waals surface area contributed by atoms with Gasteiger partial charge in [-0.25, -0.2) is 0 Å². The molecule has 0 unspecified atom stereocenters. The van der Waals surface area contributed by atoms with Crippen LogP contribution in [0.3, 0.4) is 0 Å². The summed E-state index contributed by atoms with van der Waals surface area (Å²) in [6.07, 6.45) is 0. The van der Waals surface area contributed by atoms with Gasteiger partial charge in [0.15, 0.2) is 0 Å². The van der Waals surface area contributed by atoms with Gasteiger partial charge in [-0.1, -0.05) is 6.07 Å². The van der Waals surface area contributed by atoms with E-state index in [1.807, 2.05) is 0 Å². The summed E-state index contributed by atoms with van der Waals surface area (Å²) in [5.74, 6) is 0. The minimum Gasteiger partial charge on any atom is -0.358 e. The molecule has 1 aromatic carbocycles. The molecule has 0 saturated carbocycles. The van der Waals surface area contributed by atoms with E-state index in [9.17, 15) is 0 Å². The minimum absolute atomic E-state index is 1.000. The van der Waals surface area contributed by atoms with E-state index in [2.05, 4.69) is 56.0 Å². The predicted octanol–water partition coefficient (Wildman–Crippen LogP) is 2.85. The Morgan fingerprint density at radius 3 is 2.60 bits per heavy atom. The van der Waals surface area contributed by atoms with E-state index < -0.39 is 0 Å². The number of rotatable bonds is 2. The molecule has 80 valence electrons. The van der Waals surface area contributed by atoms with Gasteiger partial charge in [0.1, 0.15) is 0 Å². The van der Waals surface area contributed by atoms with Gasteiger partial charge in [0.25, 0.3) is 0 Å². The van der Waals surface area contributed by atoms with Gasteiger partial charge in [-0.3, -0.25) is 0 Å². The van der Waals surface area contributed by atoms with Gasteiger partial charge in [0.05, 0.1) is 0 Å². The highest BCUT2D eigenvalue weighted by Gasteiger charge is 2.04. The number of aromatic amines is 1. The van der Waals surface area contributed by atoms with Crippen LogP contribution in [0.25, 0.3) is 10.9 Å². The minimum atomic E-state index is 1.000. The Morgan fingerprint density at radius 1 is 1.20 bits per heavy atom. The first-order valence-electron chi connectivity index (χ1n) is 5.30. The fourth-order valence-corrected chi connectivity index (χ4v) is 1.97. The zero-order valence-corrected chi connectivity index (χ0v) is 9.89. The standard InChI is InChI=1S/C13H18N2/c1-9-10(2)14-13-6-5-11(7-12(9)13)8-15(3)4/h5-7,14H,8H2,1-4H3. The number of hydrogen-bond donors (Lipinski definition) is 1. The van der Waals surface area contributed by atoms with Crippen molar-refractivity contribution in [2.45, 2.75) is 20.4 Å². The number of fused-ring (bicyclic) bond motifs is 1. The second-order valence-corrected chi connectivity index (χ2v) is 4.49. The second-order valence-electron chi connectivity index (χ2n) is 4.49. The number of aromatic nitrogens is 1. The Bertz CT molecular complexity index is 480. The lowest BCUT2D eigenvalue weighted by Gasteiger charge is -2.09. The largest absolute Gasteiger partial charge is 0.358 e. The fraction of sp³-hybridized carbons (Fsp3) is 0.385. The summed E-state index contributed by atoms with van der Waals surface area (Å²) in [6.45, 7) is 5.30. The molecular formula is C13H18N2. The lowest BCUT2D eigenvalue weighted by molar-refractivity contribution is 0.403. The average Bonchev–Trinajstić information content (AvgIpc) is 2.43. The van der Waals surface area contributed by atoms with Crippen molar-refractivity contribution in [3.63, 3.8) is 0 Å². The van der Waals surface area contributed by atoms with E-state index >= 15 is 0 Å². The van der Waals surface area contributed by atoms with Gasteiger partial charge in [-0.05, 0) is 51.2 Å². The molecule has 1 aromatic heterocycles. The van der Waals surface area contributed by atoms with Crippen molar-refractivity contribution in [3.05, 3.63) is 35.0 Å². The number of hydrogen-bond acceptors (Lipinski definition) is 1. The average molecular weight is 202 g/mol. The smallest absolute Gasteiger partial charge is 0.0458 e. The number of H-pyrrole nitrogens is 1. The van der Waals surface area contributed by atoms with Crippen LogP contribution in [-0.2, 0) is 6.54 Å². The molecule has 0 atom stereocenters. The maximum absolute atomic E-state index is 3.39. The molecule has 0 aliphatic carbocycles. The molecule has 0 aliphatic heterocycles. The maximum Gasteiger partial charge on any atom is 0.0458 e. The van der Waals surface area contributed by atoms with Crippen molar-refractivity contribution in [2.24, 2.45) is 0 Å². The summed E-state index contributed by atoms with van der Waals surface area (Å²) < 4.78 is 0. The van der Waals surface area contributed by atoms with Crippen molar-refractivity contribution in [1.29, 1.82) is 0 Å².